The summed E-state index contributed by atoms with van der Waals surface area (Å²) in [5, 5.41) is 3.38. The lowest BCUT2D eigenvalue weighted by molar-refractivity contribution is -0.130. The standard InChI is InChI=1S/C22H25FN2O3/c23-17-7-5-16(6-8-17)13-24-12-11-18-9-10-22(26)25(18)14-19-15-27-20-3-1-2-4-21(20)28-19/h1-8,18-19,24H,9-15H2/t18-,19-/m0/s1. The summed E-state index contributed by atoms with van der Waals surface area (Å²) in [4.78, 5) is 14.3. The molecule has 0 bridgehead atoms. The van der Waals surface area contributed by atoms with Gasteiger partial charge in [0.25, 0.3) is 0 Å². The van der Waals surface area contributed by atoms with Crippen molar-refractivity contribution in [1.82, 2.24) is 10.2 Å². The van der Waals surface area contributed by atoms with Crippen LogP contribution in [0.5, 0.6) is 11.5 Å². The number of carbonyl (C=O) groups excluding carboxylic acids is 1. The van der Waals surface area contributed by atoms with Crippen LogP contribution in [0.3, 0.4) is 0 Å². The van der Waals surface area contributed by atoms with Crippen LogP contribution in [0.4, 0.5) is 4.39 Å². The second-order valence-corrected chi connectivity index (χ2v) is 7.33. The number of hydrogen-bond donors (Lipinski definition) is 1. The Morgan fingerprint density at radius 3 is 2.71 bits per heavy atom. The summed E-state index contributed by atoms with van der Waals surface area (Å²) in [6, 6.07) is 14.3. The molecule has 0 aliphatic carbocycles. The molecule has 1 saturated heterocycles. The number of halogens is 1. The van der Waals surface area contributed by atoms with E-state index < -0.39 is 0 Å². The minimum atomic E-state index is -0.222. The van der Waals surface area contributed by atoms with E-state index in [0.717, 1.165) is 36.4 Å². The fourth-order valence-electron chi connectivity index (χ4n) is 3.82. The van der Waals surface area contributed by atoms with E-state index in [0.29, 0.717) is 26.1 Å². The predicted molar refractivity (Wildman–Crippen MR) is 104 cm³/mol. The molecule has 5 nitrogen and oxygen atoms in total. The molecule has 1 fully saturated rings. The van der Waals surface area contributed by atoms with E-state index >= 15 is 0 Å². The van der Waals surface area contributed by atoms with Gasteiger partial charge in [-0.3, -0.25) is 4.79 Å². The predicted octanol–water partition coefficient (Wildman–Crippen LogP) is 3.14. The molecule has 6 heteroatoms. The number of para-hydroxylation sites is 2. The van der Waals surface area contributed by atoms with Crippen LogP contribution >= 0.6 is 0 Å². The number of nitrogens with one attached hydrogen (secondary N) is 1. The lowest BCUT2D eigenvalue weighted by Gasteiger charge is -2.32. The van der Waals surface area contributed by atoms with Gasteiger partial charge in [0, 0.05) is 19.0 Å². The maximum atomic E-state index is 13.0. The first-order valence-corrected chi connectivity index (χ1v) is 9.82. The van der Waals surface area contributed by atoms with Crippen molar-refractivity contribution in [1.29, 1.82) is 0 Å². The van der Waals surface area contributed by atoms with Gasteiger partial charge in [-0.05, 0) is 49.2 Å². The smallest absolute Gasteiger partial charge is 0.223 e. The van der Waals surface area contributed by atoms with Crippen LogP contribution < -0.4 is 14.8 Å². The summed E-state index contributed by atoms with van der Waals surface area (Å²) in [6.45, 7) is 2.50. The van der Waals surface area contributed by atoms with Gasteiger partial charge in [-0.2, -0.15) is 0 Å². The Bertz CT molecular complexity index is 812. The molecule has 2 aromatic carbocycles. The second kappa shape index (κ2) is 8.61. The van der Waals surface area contributed by atoms with Crippen molar-refractivity contribution in [2.75, 3.05) is 19.7 Å². The molecule has 0 spiro atoms. The molecule has 1 amide bonds. The summed E-state index contributed by atoms with van der Waals surface area (Å²) in [5.74, 6) is 1.46. The zero-order chi connectivity index (χ0) is 19.3. The highest BCUT2D eigenvalue weighted by molar-refractivity contribution is 5.78. The Kier molecular flexibility index (Phi) is 5.76. The van der Waals surface area contributed by atoms with E-state index in [-0.39, 0.29) is 23.9 Å². The average molecular weight is 384 g/mol. The number of ether oxygens (including phenoxy) is 2. The van der Waals surface area contributed by atoms with Gasteiger partial charge in [0.15, 0.2) is 17.6 Å². The lowest BCUT2D eigenvalue weighted by atomic mass is 10.1. The van der Waals surface area contributed by atoms with Gasteiger partial charge in [-0.1, -0.05) is 24.3 Å². The topological polar surface area (TPSA) is 50.8 Å². The lowest BCUT2D eigenvalue weighted by Crippen LogP contribution is -2.45. The molecule has 1 N–H and O–H groups in total. The highest BCUT2D eigenvalue weighted by atomic mass is 19.1. The van der Waals surface area contributed by atoms with E-state index in [2.05, 4.69) is 5.32 Å². The molecule has 28 heavy (non-hydrogen) atoms. The molecule has 2 aromatic rings. The summed E-state index contributed by atoms with van der Waals surface area (Å²) in [5.41, 5.74) is 1.05. The normalized spacial score (nSPS) is 21.2. The monoisotopic (exact) mass is 384 g/mol. The summed E-state index contributed by atoms with van der Waals surface area (Å²) >= 11 is 0. The number of likely N-dealkylation sites (tertiary alicyclic amines) is 1. The Hall–Kier alpha value is -2.60. The van der Waals surface area contributed by atoms with Gasteiger partial charge in [0.05, 0.1) is 6.54 Å². The fourth-order valence-corrected chi connectivity index (χ4v) is 3.82. The van der Waals surface area contributed by atoms with Crippen LogP contribution in [0.25, 0.3) is 0 Å². The third-order valence-electron chi connectivity index (χ3n) is 5.32. The molecular weight excluding hydrogens is 359 g/mol. The molecule has 0 unspecified atom stereocenters. The first kappa shape index (κ1) is 18.7. The van der Waals surface area contributed by atoms with Crippen LogP contribution in [-0.2, 0) is 11.3 Å². The summed E-state index contributed by atoms with van der Waals surface area (Å²) in [7, 11) is 0. The van der Waals surface area contributed by atoms with Crippen LogP contribution in [0.1, 0.15) is 24.8 Å². The Morgan fingerprint density at radius 1 is 1.11 bits per heavy atom. The molecule has 2 heterocycles. The molecule has 2 aliphatic heterocycles. The van der Waals surface area contributed by atoms with Gasteiger partial charge in [0.2, 0.25) is 5.91 Å². The van der Waals surface area contributed by atoms with E-state index in [1.165, 1.54) is 12.1 Å². The number of benzene rings is 2. The zero-order valence-electron chi connectivity index (χ0n) is 15.8. The number of nitrogens with zero attached hydrogens (tertiary/aromatic N) is 1. The van der Waals surface area contributed by atoms with Crippen LogP contribution in [0, 0.1) is 5.82 Å². The van der Waals surface area contributed by atoms with Crippen molar-refractivity contribution in [3.8, 4) is 11.5 Å². The van der Waals surface area contributed by atoms with Gasteiger partial charge >= 0.3 is 0 Å². The molecular formula is C22H25FN2O3. The van der Waals surface area contributed by atoms with Crippen molar-refractivity contribution in [2.45, 2.75) is 38.0 Å². The Balaban J connectivity index is 1.26. The average Bonchev–Trinajstić information content (AvgIpc) is 3.06. The van der Waals surface area contributed by atoms with E-state index in [1.807, 2.05) is 29.2 Å². The van der Waals surface area contributed by atoms with Crippen molar-refractivity contribution >= 4 is 5.91 Å². The Labute approximate surface area is 164 Å². The molecule has 2 atom stereocenters. The number of hydrogen-bond acceptors (Lipinski definition) is 4. The third kappa shape index (κ3) is 4.44. The zero-order valence-corrected chi connectivity index (χ0v) is 15.8. The second-order valence-electron chi connectivity index (χ2n) is 7.33. The third-order valence-corrected chi connectivity index (χ3v) is 5.32. The van der Waals surface area contributed by atoms with Crippen molar-refractivity contribution in [2.24, 2.45) is 0 Å². The van der Waals surface area contributed by atoms with Crippen LogP contribution in [-0.4, -0.2) is 42.6 Å². The molecule has 2 aliphatic rings. The summed E-state index contributed by atoms with van der Waals surface area (Å²) in [6.07, 6.45) is 2.21. The fraction of sp³-hybridized carbons (Fsp3) is 0.409. The van der Waals surface area contributed by atoms with E-state index in [9.17, 15) is 9.18 Å². The van der Waals surface area contributed by atoms with Gasteiger partial charge in [-0.25, -0.2) is 4.39 Å². The maximum Gasteiger partial charge on any atom is 0.223 e. The largest absolute Gasteiger partial charge is 0.486 e. The molecule has 148 valence electrons. The summed E-state index contributed by atoms with van der Waals surface area (Å²) < 4.78 is 24.7. The molecule has 0 aromatic heterocycles. The first-order valence-electron chi connectivity index (χ1n) is 9.82. The van der Waals surface area contributed by atoms with Gasteiger partial charge in [0.1, 0.15) is 12.4 Å². The quantitative estimate of drug-likeness (QED) is 0.745. The van der Waals surface area contributed by atoms with Crippen LogP contribution in [0.2, 0.25) is 0 Å². The Morgan fingerprint density at radius 2 is 1.89 bits per heavy atom. The molecule has 0 radical (unpaired) electrons. The minimum absolute atomic E-state index is 0.147. The highest BCUT2D eigenvalue weighted by Crippen LogP contribution is 2.32. The maximum absolute atomic E-state index is 13.0. The number of amides is 1. The van der Waals surface area contributed by atoms with Crippen LogP contribution in [0.15, 0.2) is 48.5 Å². The molecule has 0 saturated carbocycles. The highest BCUT2D eigenvalue weighted by Gasteiger charge is 2.34. The number of carbonyl (C=O) groups is 1. The van der Waals surface area contributed by atoms with Crippen molar-refractivity contribution < 1.29 is 18.7 Å². The minimum Gasteiger partial charge on any atom is -0.486 e. The first-order chi connectivity index (χ1) is 13.7. The van der Waals surface area contributed by atoms with E-state index in [4.69, 9.17) is 9.47 Å². The van der Waals surface area contributed by atoms with Crippen molar-refractivity contribution in [3.05, 3.63) is 59.9 Å². The van der Waals surface area contributed by atoms with Gasteiger partial charge < -0.3 is 19.7 Å². The van der Waals surface area contributed by atoms with Crippen molar-refractivity contribution in [3.63, 3.8) is 0 Å². The van der Waals surface area contributed by atoms with Gasteiger partial charge in [-0.15, -0.1) is 0 Å². The SMILES string of the molecule is O=C1CC[C@@H](CCNCc2ccc(F)cc2)N1C[C@H]1COc2ccccc2O1. The number of fused-ring (bicyclic) bond motifs is 1. The molecule has 4 rings (SSSR count). The van der Waals surface area contributed by atoms with E-state index in [1.54, 1.807) is 12.1 Å². The number of rotatable bonds is 7.